The SMILES string of the molecule is COC(=C1C2CC3CC(C2)CC1C3)c1ccc(/C=C/c2ccc(Br)cc2)c(O)c1. The molecule has 0 radical (unpaired) electrons. The third-order valence-corrected chi connectivity index (χ3v) is 7.63. The topological polar surface area (TPSA) is 29.5 Å². The van der Waals surface area contributed by atoms with E-state index < -0.39 is 0 Å². The molecular formula is C26H27BrO2. The van der Waals surface area contributed by atoms with Crippen molar-refractivity contribution in [3.05, 3.63) is 69.2 Å². The fraction of sp³-hybridized carbons (Fsp3) is 0.385. The highest BCUT2D eigenvalue weighted by molar-refractivity contribution is 9.10. The number of ether oxygens (including phenoxy) is 1. The monoisotopic (exact) mass is 450 g/mol. The maximum atomic E-state index is 10.7. The lowest BCUT2D eigenvalue weighted by molar-refractivity contribution is 0.0675. The molecule has 0 amide bonds. The Labute approximate surface area is 181 Å². The smallest absolute Gasteiger partial charge is 0.125 e. The number of benzene rings is 2. The molecule has 0 aliphatic heterocycles. The molecule has 29 heavy (non-hydrogen) atoms. The van der Waals surface area contributed by atoms with Gasteiger partial charge in [0.15, 0.2) is 0 Å². The quantitative estimate of drug-likeness (QED) is 0.396. The van der Waals surface area contributed by atoms with Gasteiger partial charge < -0.3 is 9.84 Å². The predicted octanol–water partition coefficient (Wildman–Crippen LogP) is 7.14. The van der Waals surface area contributed by atoms with Crippen molar-refractivity contribution >= 4 is 33.8 Å². The molecule has 2 aromatic carbocycles. The summed E-state index contributed by atoms with van der Waals surface area (Å²) in [6, 6.07) is 14.1. The van der Waals surface area contributed by atoms with Crippen molar-refractivity contribution in [1.82, 2.24) is 0 Å². The van der Waals surface area contributed by atoms with Gasteiger partial charge in [0, 0.05) is 15.6 Å². The van der Waals surface area contributed by atoms with Gasteiger partial charge in [0.25, 0.3) is 0 Å². The van der Waals surface area contributed by atoms with Gasteiger partial charge >= 0.3 is 0 Å². The Morgan fingerprint density at radius 1 is 0.931 bits per heavy atom. The molecule has 1 N–H and O–H groups in total. The summed E-state index contributed by atoms with van der Waals surface area (Å²) in [4.78, 5) is 0. The average Bonchev–Trinajstić information content (AvgIpc) is 2.70. The first kappa shape index (κ1) is 19.0. The lowest BCUT2D eigenvalue weighted by atomic mass is 9.54. The maximum Gasteiger partial charge on any atom is 0.125 e. The Kier molecular flexibility index (Phi) is 5.03. The molecule has 0 saturated heterocycles. The van der Waals surface area contributed by atoms with Crippen LogP contribution in [0.4, 0.5) is 0 Å². The minimum Gasteiger partial charge on any atom is -0.507 e. The van der Waals surface area contributed by atoms with Crippen LogP contribution in [0.25, 0.3) is 17.9 Å². The van der Waals surface area contributed by atoms with E-state index in [1.54, 1.807) is 7.11 Å². The van der Waals surface area contributed by atoms with Crippen LogP contribution in [0.3, 0.4) is 0 Å². The van der Waals surface area contributed by atoms with Gasteiger partial charge in [-0.2, -0.15) is 0 Å². The largest absolute Gasteiger partial charge is 0.507 e. The van der Waals surface area contributed by atoms with Gasteiger partial charge in [-0.15, -0.1) is 0 Å². The van der Waals surface area contributed by atoms with Gasteiger partial charge in [0.1, 0.15) is 11.5 Å². The number of halogens is 1. The second-order valence-electron chi connectivity index (χ2n) is 8.95. The number of allylic oxidation sites excluding steroid dienone is 1. The van der Waals surface area contributed by atoms with Crippen LogP contribution >= 0.6 is 15.9 Å². The first-order valence-corrected chi connectivity index (χ1v) is 11.4. The second kappa shape index (κ2) is 7.68. The van der Waals surface area contributed by atoms with E-state index in [4.69, 9.17) is 4.74 Å². The first-order chi connectivity index (χ1) is 14.1. The zero-order valence-corrected chi connectivity index (χ0v) is 18.4. The number of methoxy groups -OCH3 is 1. The summed E-state index contributed by atoms with van der Waals surface area (Å²) in [6.45, 7) is 0. The molecule has 0 aromatic heterocycles. The summed E-state index contributed by atoms with van der Waals surface area (Å²) in [5, 5.41) is 10.7. The lowest BCUT2D eigenvalue weighted by Crippen LogP contribution is -2.40. The van der Waals surface area contributed by atoms with Gasteiger partial charge in [-0.25, -0.2) is 0 Å². The molecule has 4 fully saturated rings. The molecule has 2 nitrogen and oxygen atoms in total. The van der Waals surface area contributed by atoms with Crippen LogP contribution in [0.5, 0.6) is 5.75 Å². The molecule has 4 saturated carbocycles. The van der Waals surface area contributed by atoms with Gasteiger partial charge in [-0.05, 0) is 85.1 Å². The molecule has 0 spiro atoms. The lowest BCUT2D eigenvalue weighted by Gasteiger charge is -2.51. The third kappa shape index (κ3) is 3.66. The Morgan fingerprint density at radius 3 is 2.17 bits per heavy atom. The minimum atomic E-state index is 0.301. The molecule has 0 unspecified atom stereocenters. The number of aromatic hydroxyl groups is 1. The number of hydrogen-bond acceptors (Lipinski definition) is 2. The molecule has 6 rings (SSSR count). The number of rotatable bonds is 4. The van der Waals surface area contributed by atoms with E-state index in [-0.39, 0.29) is 0 Å². The fourth-order valence-electron chi connectivity index (χ4n) is 6.05. The Morgan fingerprint density at radius 2 is 1.59 bits per heavy atom. The Bertz CT molecular complexity index is 941. The van der Waals surface area contributed by atoms with Crippen LogP contribution < -0.4 is 0 Å². The highest BCUT2D eigenvalue weighted by Crippen LogP contribution is 2.58. The molecule has 2 aromatic rings. The van der Waals surface area contributed by atoms with Gasteiger partial charge in [-0.3, -0.25) is 0 Å². The van der Waals surface area contributed by atoms with Crippen molar-refractivity contribution in [2.24, 2.45) is 23.7 Å². The Hall–Kier alpha value is -2.00. The van der Waals surface area contributed by atoms with Gasteiger partial charge in [-0.1, -0.05) is 52.3 Å². The maximum absolute atomic E-state index is 10.7. The van der Waals surface area contributed by atoms with Gasteiger partial charge in [0.05, 0.1) is 7.11 Å². The van der Waals surface area contributed by atoms with Crippen molar-refractivity contribution in [3.63, 3.8) is 0 Å². The van der Waals surface area contributed by atoms with E-state index in [1.807, 2.05) is 48.6 Å². The van der Waals surface area contributed by atoms with Gasteiger partial charge in [0.2, 0.25) is 0 Å². The third-order valence-electron chi connectivity index (χ3n) is 7.10. The number of phenols is 1. The fourth-order valence-corrected chi connectivity index (χ4v) is 6.32. The van der Waals surface area contributed by atoms with E-state index in [2.05, 4.69) is 22.0 Å². The van der Waals surface area contributed by atoms with E-state index in [9.17, 15) is 5.11 Å². The van der Waals surface area contributed by atoms with Crippen molar-refractivity contribution < 1.29 is 9.84 Å². The van der Waals surface area contributed by atoms with E-state index in [1.165, 1.54) is 37.7 Å². The second-order valence-corrected chi connectivity index (χ2v) is 9.87. The molecule has 4 bridgehead atoms. The molecule has 150 valence electrons. The normalized spacial score (nSPS) is 27.6. The van der Waals surface area contributed by atoms with E-state index >= 15 is 0 Å². The predicted molar refractivity (Wildman–Crippen MR) is 122 cm³/mol. The van der Waals surface area contributed by atoms with Crippen LogP contribution in [0.1, 0.15) is 48.8 Å². The summed E-state index contributed by atoms with van der Waals surface area (Å²) < 4.78 is 7.01. The summed E-state index contributed by atoms with van der Waals surface area (Å²) in [7, 11) is 1.78. The molecule has 4 aliphatic rings. The zero-order valence-electron chi connectivity index (χ0n) is 16.8. The summed E-state index contributed by atoms with van der Waals surface area (Å²) in [5.41, 5.74) is 4.46. The van der Waals surface area contributed by atoms with Crippen molar-refractivity contribution in [2.45, 2.75) is 32.1 Å². The van der Waals surface area contributed by atoms with Crippen LogP contribution in [0.2, 0.25) is 0 Å². The average molecular weight is 451 g/mol. The molecular weight excluding hydrogens is 424 g/mol. The molecule has 0 atom stereocenters. The van der Waals surface area contributed by atoms with E-state index in [0.29, 0.717) is 17.6 Å². The van der Waals surface area contributed by atoms with E-state index in [0.717, 1.165) is 38.8 Å². The summed E-state index contributed by atoms with van der Waals surface area (Å²) >= 11 is 3.46. The highest BCUT2D eigenvalue weighted by Gasteiger charge is 2.46. The molecule has 0 heterocycles. The zero-order chi connectivity index (χ0) is 20.0. The molecule has 4 aliphatic carbocycles. The molecule has 3 heteroatoms. The van der Waals surface area contributed by atoms with Crippen LogP contribution in [-0.4, -0.2) is 12.2 Å². The number of hydrogen-bond donors (Lipinski definition) is 1. The van der Waals surface area contributed by atoms with Crippen LogP contribution in [0, 0.1) is 23.7 Å². The van der Waals surface area contributed by atoms with Crippen molar-refractivity contribution in [2.75, 3.05) is 7.11 Å². The van der Waals surface area contributed by atoms with Crippen LogP contribution in [-0.2, 0) is 4.74 Å². The summed E-state index contributed by atoms with van der Waals surface area (Å²) in [6.07, 6.45) is 10.7. The summed E-state index contributed by atoms with van der Waals surface area (Å²) in [5.74, 6) is 4.53. The van der Waals surface area contributed by atoms with Crippen LogP contribution in [0.15, 0.2) is 52.5 Å². The Balaban J connectivity index is 1.44. The highest BCUT2D eigenvalue weighted by atomic mass is 79.9. The first-order valence-electron chi connectivity index (χ1n) is 10.7. The van der Waals surface area contributed by atoms with Crippen molar-refractivity contribution in [3.8, 4) is 5.75 Å². The standard InChI is InChI=1S/C26H27BrO2/c1-29-26(25-21-11-17-10-18(13-21)14-22(25)12-17)20-7-6-19(24(28)15-20)5-2-16-3-8-23(27)9-4-16/h2-9,15,17-18,21-22,28H,10-14H2,1H3/b5-2+,26-25?. The van der Waals surface area contributed by atoms with Crippen molar-refractivity contribution in [1.29, 1.82) is 0 Å². The minimum absolute atomic E-state index is 0.301. The number of phenolic OH excluding ortho intramolecular Hbond substituents is 1.